The highest BCUT2D eigenvalue weighted by Gasteiger charge is 2.21. The van der Waals surface area contributed by atoms with Gasteiger partial charge in [0.05, 0.1) is 0 Å². The number of nitrogens with zero attached hydrogens (tertiary/aromatic N) is 1. The highest BCUT2D eigenvalue weighted by Crippen LogP contribution is 2.15. The van der Waals surface area contributed by atoms with Crippen LogP contribution < -0.4 is 5.32 Å². The summed E-state index contributed by atoms with van der Waals surface area (Å²) in [7, 11) is 1.98. The van der Waals surface area contributed by atoms with Gasteiger partial charge in [-0.2, -0.15) is 0 Å². The zero-order chi connectivity index (χ0) is 13.0. The van der Waals surface area contributed by atoms with Gasteiger partial charge in [0.25, 0.3) is 0 Å². The Kier molecular flexibility index (Phi) is 4.37. The lowest BCUT2D eigenvalue weighted by atomic mass is 10.1. The van der Waals surface area contributed by atoms with Gasteiger partial charge in [-0.25, -0.2) is 0 Å². The van der Waals surface area contributed by atoms with Gasteiger partial charge in [-0.05, 0) is 32.4 Å². The summed E-state index contributed by atoms with van der Waals surface area (Å²) in [6, 6.07) is 8.92. The van der Waals surface area contributed by atoms with Gasteiger partial charge in [0.1, 0.15) is 0 Å². The molecule has 1 unspecified atom stereocenters. The van der Waals surface area contributed by atoms with E-state index in [-0.39, 0.29) is 5.91 Å². The number of carbonyl (C=O) groups excluding carboxylic acids is 1. The normalized spacial score (nSPS) is 20.9. The quantitative estimate of drug-likeness (QED) is 0.885. The summed E-state index contributed by atoms with van der Waals surface area (Å²) in [6.07, 6.45) is 2.67. The first-order valence-electron chi connectivity index (χ1n) is 6.69. The van der Waals surface area contributed by atoms with E-state index >= 15 is 0 Å². The van der Waals surface area contributed by atoms with E-state index in [9.17, 15) is 4.79 Å². The lowest BCUT2D eigenvalue weighted by Gasteiger charge is -2.21. The molecule has 0 aliphatic carbocycles. The predicted molar refractivity (Wildman–Crippen MR) is 73.3 cm³/mol. The van der Waals surface area contributed by atoms with Crippen molar-refractivity contribution in [1.82, 2.24) is 10.2 Å². The Morgan fingerprint density at radius 3 is 2.67 bits per heavy atom. The summed E-state index contributed by atoms with van der Waals surface area (Å²) in [6.45, 7) is 3.69. The highest BCUT2D eigenvalue weighted by molar-refractivity contribution is 5.76. The average Bonchev–Trinajstić information content (AvgIpc) is 2.55. The van der Waals surface area contributed by atoms with Crippen LogP contribution in [-0.2, 0) is 11.3 Å². The number of aryl methyl sites for hydroxylation is 1. The largest absolute Gasteiger partial charge is 0.338 e. The maximum atomic E-state index is 12.0. The fourth-order valence-electron chi connectivity index (χ4n) is 2.41. The highest BCUT2D eigenvalue weighted by atomic mass is 16.2. The molecular formula is C15H22N2O. The molecule has 98 valence electrons. The molecule has 0 spiro atoms. The van der Waals surface area contributed by atoms with Crippen molar-refractivity contribution in [2.45, 2.75) is 38.8 Å². The SMILES string of the molecule is CNC1CCC(=O)N(Cc2ccc(C)cc2)CC1. The molecule has 1 aliphatic heterocycles. The fraction of sp³-hybridized carbons (Fsp3) is 0.533. The zero-order valence-electron chi connectivity index (χ0n) is 11.3. The van der Waals surface area contributed by atoms with Crippen molar-refractivity contribution in [3.05, 3.63) is 35.4 Å². The van der Waals surface area contributed by atoms with Crippen LogP contribution in [0.3, 0.4) is 0 Å². The molecule has 0 radical (unpaired) electrons. The number of nitrogens with one attached hydrogen (secondary N) is 1. The minimum absolute atomic E-state index is 0.285. The van der Waals surface area contributed by atoms with Crippen LogP contribution in [0.15, 0.2) is 24.3 Å². The second kappa shape index (κ2) is 6.01. The Hall–Kier alpha value is -1.35. The predicted octanol–water partition coefficient (Wildman–Crippen LogP) is 2.10. The van der Waals surface area contributed by atoms with Crippen LogP contribution in [-0.4, -0.2) is 30.4 Å². The lowest BCUT2D eigenvalue weighted by molar-refractivity contribution is -0.131. The van der Waals surface area contributed by atoms with Gasteiger partial charge < -0.3 is 10.2 Å². The summed E-state index contributed by atoms with van der Waals surface area (Å²) < 4.78 is 0. The van der Waals surface area contributed by atoms with Crippen LogP contribution in [0.1, 0.15) is 30.4 Å². The number of hydrogen-bond donors (Lipinski definition) is 1. The third-order valence-corrected chi connectivity index (χ3v) is 3.71. The van der Waals surface area contributed by atoms with Crippen molar-refractivity contribution in [3.63, 3.8) is 0 Å². The van der Waals surface area contributed by atoms with Crippen LogP contribution in [0, 0.1) is 6.92 Å². The van der Waals surface area contributed by atoms with E-state index in [4.69, 9.17) is 0 Å². The summed E-state index contributed by atoms with van der Waals surface area (Å²) >= 11 is 0. The lowest BCUT2D eigenvalue weighted by Crippen LogP contribution is -2.30. The van der Waals surface area contributed by atoms with Crippen LogP contribution >= 0.6 is 0 Å². The van der Waals surface area contributed by atoms with E-state index < -0.39 is 0 Å². The van der Waals surface area contributed by atoms with Gasteiger partial charge in [-0.3, -0.25) is 4.79 Å². The first kappa shape index (κ1) is 13.1. The van der Waals surface area contributed by atoms with Gasteiger partial charge in [0.15, 0.2) is 0 Å². The number of carbonyl (C=O) groups is 1. The minimum atomic E-state index is 0.285. The van der Waals surface area contributed by atoms with Gasteiger partial charge in [-0.1, -0.05) is 29.8 Å². The van der Waals surface area contributed by atoms with Crippen molar-refractivity contribution < 1.29 is 4.79 Å². The molecule has 0 saturated carbocycles. The second-order valence-electron chi connectivity index (χ2n) is 5.11. The molecule has 1 saturated heterocycles. The van der Waals surface area contributed by atoms with E-state index in [1.165, 1.54) is 11.1 Å². The van der Waals surface area contributed by atoms with Gasteiger partial charge in [0.2, 0.25) is 5.91 Å². The molecule has 2 rings (SSSR count). The molecule has 1 aliphatic rings. The Balaban J connectivity index is 1.99. The molecule has 0 aromatic heterocycles. The molecule has 1 aromatic carbocycles. The van der Waals surface area contributed by atoms with E-state index in [0.29, 0.717) is 12.5 Å². The summed E-state index contributed by atoms with van der Waals surface area (Å²) in [5.41, 5.74) is 2.48. The minimum Gasteiger partial charge on any atom is -0.338 e. The van der Waals surface area contributed by atoms with Gasteiger partial charge in [-0.15, -0.1) is 0 Å². The molecular weight excluding hydrogens is 224 g/mol. The molecule has 3 heteroatoms. The van der Waals surface area contributed by atoms with E-state index in [0.717, 1.165) is 25.9 Å². The molecule has 1 atom stereocenters. The Bertz CT molecular complexity index is 399. The first-order chi connectivity index (χ1) is 8.69. The average molecular weight is 246 g/mol. The summed E-state index contributed by atoms with van der Waals surface area (Å²) in [4.78, 5) is 14.0. The second-order valence-corrected chi connectivity index (χ2v) is 5.11. The van der Waals surface area contributed by atoms with Gasteiger partial charge >= 0.3 is 0 Å². The topological polar surface area (TPSA) is 32.3 Å². The first-order valence-corrected chi connectivity index (χ1v) is 6.69. The number of likely N-dealkylation sites (tertiary alicyclic amines) is 1. The number of rotatable bonds is 3. The third kappa shape index (κ3) is 3.33. The van der Waals surface area contributed by atoms with Crippen LogP contribution in [0.25, 0.3) is 0 Å². The summed E-state index contributed by atoms with van der Waals surface area (Å²) in [5.74, 6) is 0.285. The Morgan fingerprint density at radius 2 is 2.00 bits per heavy atom. The van der Waals surface area contributed by atoms with Crippen LogP contribution in [0.4, 0.5) is 0 Å². The maximum Gasteiger partial charge on any atom is 0.222 e. The van der Waals surface area contributed by atoms with Crippen LogP contribution in [0.2, 0.25) is 0 Å². The number of benzene rings is 1. The molecule has 0 bridgehead atoms. The van der Waals surface area contributed by atoms with E-state index in [1.54, 1.807) is 0 Å². The zero-order valence-corrected chi connectivity index (χ0v) is 11.3. The third-order valence-electron chi connectivity index (χ3n) is 3.71. The molecule has 1 amide bonds. The Morgan fingerprint density at radius 1 is 1.28 bits per heavy atom. The van der Waals surface area contributed by atoms with Crippen molar-refractivity contribution in [1.29, 1.82) is 0 Å². The molecule has 1 heterocycles. The molecule has 1 fully saturated rings. The smallest absolute Gasteiger partial charge is 0.222 e. The van der Waals surface area contributed by atoms with Crippen molar-refractivity contribution in [3.8, 4) is 0 Å². The fourth-order valence-corrected chi connectivity index (χ4v) is 2.41. The van der Waals surface area contributed by atoms with Crippen molar-refractivity contribution in [2.75, 3.05) is 13.6 Å². The van der Waals surface area contributed by atoms with Crippen LogP contribution in [0.5, 0.6) is 0 Å². The Labute approximate surface area is 109 Å². The van der Waals surface area contributed by atoms with Crippen molar-refractivity contribution in [2.24, 2.45) is 0 Å². The van der Waals surface area contributed by atoms with E-state index in [2.05, 4.69) is 36.5 Å². The molecule has 1 aromatic rings. The van der Waals surface area contributed by atoms with Crippen molar-refractivity contribution >= 4 is 5.91 Å². The number of amides is 1. The van der Waals surface area contributed by atoms with E-state index in [1.807, 2.05) is 11.9 Å². The molecule has 1 N–H and O–H groups in total. The maximum absolute atomic E-state index is 12.0. The van der Waals surface area contributed by atoms with Gasteiger partial charge in [0, 0.05) is 25.6 Å². The number of hydrogen-bond acceptors (Lipinski definition) is 2. The monoisotopic (exact) mass is 246 g/mol. The summed E-state index contributed by atoms with van der Waals surface area (Å²) in [5, 5.41) is 3.28. The molecule has 3 nitrogen and oxygen atoms in total. The molecule has 18 heavy (non-hydrogen) atoms. The standard InChI is InChI=1S/C15H22N2O/c1-12-3-5-13(6-4-12)11-17-10-9-14(16-2)7-8-15(17)18/h3-6,14,16H,7-11H2,1-2H3.